The molecular formula is C72H57BN2OS. The lowest BCUT2D eigenvalue weighted by molar-refractivity contribution is -0.00526. The number of aromatic nitrogens is 1. The number of fused-ring (bicyclic) bond motifs is 16. The Hall–Kier alpha value is -7.08. The van der Waals surface area contributed by atoms with E-state index >= 15 is 0 Å². The Bertz CT molecular complexity index is 4540. The predicted molar refractivity (Wildman–Crippen MR) is 323 cm³/mol. The summed E-state index contributed by atoms with van der Waals surface area (Å²) in [7, 11) is 0. The third-order valence-electron chi connectivity index (χ3n) is 22.2. The summed E-state index contributed by atoms with van der Waals surface area (Å²) in [6, 6.07) is 64.3. The Morgan fingerprint density at radius 1 is 0.494 bits per heavy atom. The van der Waals surface area contributed by atoms with E-state index in [1.54, 1.807) is 11.1 Å². The molecule has 22 rings (SSSR count). The van der Waals surface area contributed by atoms with Crippen molar-refractivity contribution in [3.05, 3.63) is 175 Å². The van der Waals surface area contributed by atoms with Crippen LogP contribution >= 0.6 is 11.3 Å². The van der Waals surface area contributed by atoms with E-state index in [9.17, 15) is 0 Å². The van der Waals surface area contributed by atoms with E-state index < -0.39 is 0 Å². The highest BCUT2D eigenvalue weighted by Crippen LogP contribution is 2.63. The second kappa shape index (κ2) is 14.5. The molecular weight excluding hydrogens is 952 g/mol. The van der Waals surface area contributed by atoms with Crippen LogP contribution in [0.15, 0.2) is 168 Å². The lowest BCUT2D eigenvalue weighted by Crippen LogP contribution is -2.61. The van der Waals surface area contributed by atoms with Gasteiger partial charge in [0.2, 0.25) is 0 Å². The Morgan fingerprint density at radius 3 is 1.86 bits per heavy atom. The molecule has 8 saturated carbocycles. The molecule has 5 heteroatoms. The lowest BCUT2D eigenvalue weighted by atomic mass is 9.42. The van der Waals surface area contributed by atoms with Crippen molar-refractivity contribution >= 4 is 115 Å². The summed E-state index contributed by atoms with van der Waals surface area (Å²) < 4.78 is 12.6. The monoisotopic (exact) mass is 1010 g/mol. The maximum Gasteiger partial charge on any atom is 0.333 e. The number of rotatable bonds is 4. The van der Waals surface area contributed by atoms with Crippen LogP contribution in [0, 0.1) is 35.5 Å². The molecule has 0 unspecified atom stereocenters. The van der Waals surface area contributed by atoms with Gasteiger partial charge in [-0.15, -0.1) is 11.3 Å². The molecule has 8 aliphatic carbocycles. The minimum Gasteiger partial charge on any atom is -0.456 e. The van der Waals surface area contributed by atoms with Gasteiger partial charge in [0.1, 0.15) is 11.2 Å². The van der Waals surface area contributed by atoms with Crippen LogP contribution in [0.2, 0.25) is 0 Å². The lowest BCUT2D eigenvalue weighted by Gasteiger charge is -2.57. The highest BCUT2D eigenvalue weighted by Gasteiger charge is 2.55. The summed E-state index contributed by atoms with van der Waals surface area (Å²) in [5.41, 5.74) is 20.4. The van der Waals surface area contributed by atoms with Crippen molar-refractivity contribution in [1.29, 1.82) is 0 Å². The van der Waals surface area contributed by atoms with E-state index in [0.717, 1.165) is 46.7 Å². The Kier molecular flexibility index (Phi) is 7.93. The fourth-order valence-corrected chi connectivity index (χ4v) is 21.3. The van der Waals surface area contributed by atoms with Gasteiger partial charge in [0.25, 0.3) is 0 Å². The predicted octanol–water partition coefficient (Wildman–Crippen LogP) is 18.0. The molecule has 370 valence electrons. The summed E-state index contributed by atoms with van der Waals surface area (Å²) in [6.45, 7) is -0.0723. The fraction of sp³-hybridized carbons (Fsp3) is 0.278. The van der Waals surface area contributed by atoms with E-state index in [0.29, 0.717) is 5.41 Å². The molecule has 0 N–H and O–H groups in total. The minimum atomic E-state index is -0.0723. The first-order chi connectivity index (χ1) is 38.0. The van der Waals surface area contributed by atoms with Crippen molar-refractivity contribution in [3.8, 4) is 27.9 Å². The van der Waals surface area contributed by atoms with Crippen LogP contribution in [0.4, 0.5) is 11.4 Å². The van der Waals surface area contributed by atoms with Gasteiger partial charge < -0.3 is 13.8 Å². The molecule has 8 fully saturated rings. The number of hydrogen-bond acceptors (Lipinski definition) is 3. The third kappa shape index (κ3) is 5.50. The van der Waals surface area contributed by atoms with E-state index in [1.165, 1.54) is 191 Å². The standard InChI is InChI=1S/C72H57BN2OS/c1-2-8-46(9-3-1)47-14-17-52(18-15-47)75-61-20-21-62-66(57-28-48-10-4-5-11-49(48)29-63(57)76-62)65(61)58-33-56-53-12-6-7-13-64(53)77-70(56)69-67(58)73(75)59-32-51(72-37-43-25-44(38-72)27-45(26-43)39-72)31-55-54-30-50(16-19-60(54)74(69)68(55)59)71-34-40-22-41(35-71)24-42(23-40)36-71/h1-21,28-33,40-45H,22-27,34-39H2. The van der Waals surface area contributed by atoms with Crippen molar-refractivity contribution in [1.82, 2.24) is 4.57 Å². The van der Waals surface area contributed by atoms with Gasteiger partial charge in [0.15, 0.2) is 0 Å². The smallest absolute Gasteiger partial charge is 0.333 e. The number of thiophene rings is 1. The second-order valence-corrected chi connectivity index (χ2v) is 27.5. The quantitative estimate of drug-likeness (QED) is 0.164. The molecule has 0 spiro atoms. The van der Waals surface area contributed by atoms with Crippen LogP contribution in [0.3, 0.4) is 0 Å². The van der Waals surface area contributed by atoms with Crippen LogP contribution < -0.4 is 15.7 Å². The largest absolute Gasteiger partial charge is 0.456 e. The van der Waals surface area contributed by atoms with E-state index in [-0.39, 0.29) is 12.3 Å². The van der Waals surface area contributed by atoms with Gasteiger partial charge in [-0.3, -0.25) is 0 Å². The highest BCUT2D eigenvalue weighted by atomic mass is 32.1. The molecule has 0 amide bonds. The van der Waals surface area contributed by atoms with Gasteiger partial charge in [-0.05, 0) is 240 Å². The summed E-state index contributed by atoms with van der Waals surface area (Å²) >= 11 is 2.01. The summed E-state index contributed by atoms with van der Waals surface area (Å²) in [5.74, 6) is 5.27. The summed E-state index contributed by atoms with van der Waals surface area (Å²) in [4.78, 5) is 2.80. The molecule has 3 nitrogen and oxygen atoms in total. The van der Waals surface area contributed by atoms with E-state index in [4.69, 9.17) is 4.42 Å². The topological polar surface area (TPSA) is 21.3 Å². The number of nitrogens with zero attached hydrogens (tertiary/aromatic N) is 2. The van der Waals surface area contributed by atoms with Crippen molar-refractivity contribution in [2.45, 2.75) is 87.9 Å². The first-order valence-electron chi connectivity index (χ1n) is 29.4. The fourth-order valence-electron chi connectivity index (χ4n) is 20.1. The molecule has 9 aromatic carbocycles. The zero-order chi connectivity index (χ0) is 49.6. The molecule has 12 aromatic rings. The average molecular weight is 1010 g/mol. The van der Waals surface area contributed by atoms with Crippen LogP contribution in [-0.2, 0) is 10.8 Å². The van der Waals surface area contributed by atoms with Crippen molar-refractivity contribution in [3.63, 3.8) is 0 Å². The number of anilines is 2. The van der Waals surface area contributed by atoms with Gasteiger partial charge in [-0.2, -0.15) is 0 Å². The Balaban J connectivity index is 0.944. The maximum absolute atomic E-state index is 7.05. The van der Waals surface area contributed by atoms with Crippen LogP contribution in [-0.4, -0.2) is 11.4 Å². The van der Waals surface area contributed by atoms with Gasteiger partial charge >= 0.3 is 6.85 Å². The molecule has 77 heavy (non-hydrogen) atoms. The van der Waals surface area contributed by atoms with Crippen molar-refractivity contribution in [2.24, 2.45) is 35.5 Å². The van der Waals surface area contributed by atoms with Crippen LogP contribution in [0.5, 0.6) is 0 Å². The second-order valence-electron chi connectivity index (χ2n) is 26.4. The van der Waals surface area contributed by atoms with Crippen molar-refractivity contribution < 1.29 is 4.42 Å². The van der Waals surface area contributed by atoms with Crippen LogP contribution in [0.1, 0.15) is 88.2 Å². The molecule has 2 aliphatic heterocycles. The van der Waals surface area contributed by atoms with Gasteiger partial charge in [-0.25, -0.2) is 0 Å². The SMILES string of the molecule is c1ccc(-c2ccc(N3B4c5c(cc6c(sc7ccccc76)c5-n5c6ccc(C78CC9CC(CC(C9)C7)C8)cc6c6cc(C78CC9CC(CC(C9)C7)C8)cc4c65)-c4c3ccc3oc5cc6ccccc6cc5c43)cc2)cc1. The number of benzene rings is 9. The summed E-state index contributed by atoms with van der Waals surface area (Å²) in [5, 5.41) is 10.5. The molecule has 0 atom stereocenters. The molecule has 3 aromatic heterocycles. The van der Waals surface area contributed by atoms with Gasteiger partial charge in [-0.1, -0.05) is 97.1 Å². The number of hydrogen-bond donors (Lipinski definition) is 0. The van der Waals surface area contributed by atoms with E-state index in [1.807, 2.05) is 11.3 Å². The highest BCUT2D eigenvalue weighted by molar-refractivity contribution is 7.26. The molecule has 8 bridgehead atoms. The summed E-state index contributed by atoms with van der Waals surface area (Å²) in [6.07, 6.45) is 16.9. The minimum absolute atomic E-state index is 0.0723. The van der Waals surface area contributed by atoms with Crippen molar-refractivity contribution in [2.75, 3.05) is 4.81 Å². The molecule has 5 heterocycles. The van der Waals surface area contributed by atoms with Crippen LogP contribution in [0.25, 0.3) is 103 Å². The Labute approximate surface area is 452 Å². The zero-order valence-electron chi connectivity index (χ0n) is 43.3. The number of furan rings is 1. The normalized spacial score (nSPS) is 27.2. The first-order valence-corrected chi connectivity index (χ1v) is 30.2. The third-order valence-corrected chi connectivity index (χ3v) is 23.4. The van der Waals surface area contributed by atoms with Gasteiger partial charge in [0.05, 0.1) is 21.4 Å². The molecule has 0 saturated heterocycles. The maximum atomic E-state index is 7.05. The average Bonchev–Trinajstić information content (AvgIpc) is 4.30. The Morgan fingerprint density at radius 2 is 1.13 bits per heavy atom. The first kappa shape index (κ1) is 42.0. The van der Waals surface area contributed by atoms with E-state index in [2.05, 4.69) is 173 Å². The zero-order valence-corrected chi connectivity index (χ0v) is 44.1. The van der Waals surface area contributed by atoms with Gasteiger partial charge in [0, 0.05) is 54.0 Å². The molecule has 10 aliphatic rings. The molecule has 0 radical (unpaired) electrons.